The average molecular weight is 261 g/mol. The van der Waals surface area contributed by atoms with Gasteiger partial charge in [0, 0.05) is 5.69 Å². The number of hydrogen-bond acceptors (Lipinski definition) is 2. The lowest BCUT2D eigenvalue weighted by molar-refractivity contribution is 0.624. The third-order valence-electron chi connectivity index (χ3n) is 2.49. The van der Waals surface area contributed by atoms with Crippen LogP contribution < -0.4 is 5.32 Å². The van der Waals surface area contributed by atoms with Crippen molar-refractivity contribution in [2.24, 2.45) is 0 Å². The van der Waals surface area contributed by atoms with Crippen molar-refractivity contribution >= 4 is 23.0 Å². The molecule has 0 spiro atoms. The Morgan fingerprint density at radius 2 is 2.00 bits per heavy atom. The van der Waals surface area contributed by atoms with E-state index in [0.717, 1.165) is 5.56 Å². The second kappa shape index (κ2) is 5.07. The van der Waals surface area contributed by atoms with Crippen LogP contribution in [0, 0.1) is 24.1 Å². The van der Waals surface area contributed by atoms with E-state index in [-0.39, 0.29) is 5.56 Å². The first-order chi connectivity index (χ1) is 8.60. The van der Waals surface area contributed by atoms with E-state index in [9.17, 15) is 4.39 Å². The number of nitrogens with zero attached hydrogens (tertiary/aromatic N) is 1. The normalized spacial score (nSPS) is 9.89. The molecule has 2 rings (SSSR count). The van der Waals surface area contributed by atoms with Gasteiger partial charge < -0.3 is 5.32 Å². The van der Waals surface area contributed by atoms with E-state index >= 15 is 0 Å². The Labute approximate surface area is 110 Å². The lowest BCUT2D eigenvalue weighted by atomic mass is 10.2. The summed E-state index contributed by atoms with van der Waals surface area (Å²) in [5.41, 5.74) is 2.33. The summed E-state index contributed by atoms with van der Waals surface area (Å²) in [6.45, 7) is 1.94. The maximum Gasteiger partial charge on any atom is 0.143 e. The van der Waals surface area contributed by atoms with Crippen molar-refractivity contribution in [2.75, 3.05) is 5.32 Å². The summed E-state index contributed by atoms with van der Waals surface area (Å²) in [5.74, 6) is -0.550. The molecule has 0 aliphatic carbocycles. The number of halogens is 2. The fourth-order valence-corrected chi connectivity index (χ4v) is 1.84. The Kier molecular flexibility index (Phi) is 3.50. The summed E-state index contributed by atoms with van der Waals surface area (Å²) >= 11 is 6.07. The summed E-state index contributed by atoms with van der Waals surface area (Å²) < 4.78 is 13.4. The minimum atomic E-state index is -0.550. The van der Waals surface area contributed by atoms with E-state index in [1.54, 1.807) is 12.1 Å². The SMILES string of the molecule is Cc1ccc(Nc2ccc(C#N)c(F)c2)c(Cl)c1. The van der Waals surface area contributed by atoms with Crippen LogP contribution in [0.3, 0.4) is 0 Å². The van der Waals surface area contributed by atoms with E-state index < -0.39 is 5.82 Å². The van der Waals surface area contributed by atoms with Crippen LogP contribution in [0.2, 0.25) is 5.02 Å². The smallest absolute Gasteiger partial charge is 0.143 e. The summed E-state index contributed by atoms with van der Waals surface area (Å²) in [5, 5.41) is 12.2. The van der Waals surface area contributed by atoms with E-state index in [1.807, 2.05) is 25.1 Å². The molecule has 0 radical (unpaired) electrons. The highest BCUT2D eigenvalue weighted by Gasteiger charge is 2.05. The van der Waals surface area contributed by atoms with Crippen LogP contribution in [0.5, 0.6) is 0 Å². The first-order valence-electron chi connectivity index (χ1n) is 5.33. The Balaban J connectivity index is 2.29. The monoisotopic (exact) mass is 260 g/mol. The zero-order chi connectivity index (χ0) is 13.1. The molecule has 1 N–H and O–H groups in total. The van der Waals surface area contributed by atoms with Gasteiger partial charge >= 0.3 is 0 Å². The molecule has 0 aliphatic heterocycles. The van der Waals surface area contributed by atoms with Gasteiger partial charge in [0.15, 0.2) is 0 Å². The molecule has 0 bridgehead atoms. The fourth-order valence-electron chi connectivity index (χ4n) is 1.56. The molecule has 0 fully saturated rings. The molecular weight excluding hydrogens is 251 g/mol. The van der Waals surface area contributed by atoms with Crippen molar-refractivity contribution in [2.45, 2.75) is 6.92 Å². The minimum absolute atomic E-state index is 0.0237. The second-order valence-corrected chi connectivity index (χ2v) is 4.32. The average Bonchev–Trinajstić information content (AvgIpc) is 2.33. The van der Waals surface area contributed by atoms with Crippen LogP contribution in [0.25, 0.3) is 0 Å². The van der Waals surface area contributed by atoms with Crippen molar-refractivity contribution in [1.29, 1.82) is 5.26 Å². The number of benzene rings is 2. The third kappa shape index (κ3) is 2.61. The zero-order valence-electron chi connectivity index (χ0n) is 9.67. The molecule has 2 aromatic rings. The van der Waals surface area contributed by atoms with Gasteiger partial charge in [0.1, 0.15) is 11.9 Å². The molecule has 0 saturated heterocycles. The van der Waals surface area contributed by atoms with E-state index in [1.165, 1.54) is 12.1 Å². The van der Waals surface area contributed by atoms with Crippen LogP contribution in [-0.2, 0) is 0 Å². The fraction of sp³-hybridized carbons (Fsp3) is 0.0714. The van der Waals surface area contributed by atoms with Crippen LogP contribution >= 0.6 is 11.6 Å². The summed E-state index contributed by atoms with van der Waals surface area (Å²) in [6, 6.07) is 11.7. The molecule has 2 aromatic carbocycles. The summed E-state index contributed by atoms with van der Waals surface area (Å²) in [4.78, 5) is 0. The molecule has 0 aromatic heterocycles. The Morgan fingerprint density at radius 1 is 1.22 bits per heavy atom. The lowest BCUT2D eigenvalue weighted by Crippen LogP contribution is -1.93. The first kappa shape index (κ1) is 12.4. The molecule has 2 nitrogen and oxygen atoms in total. The van der Waals surface area contributed by atoms with Gasteiger partial charge in [-0.25, -0.2) is 4.39 Å². The molecule has 0 atom stereocenters. The number of nitriles is 1. The van der Waals surface area contributed by atoms with Gasteiger partial charge in [-0.2, -0.15) is 5.26 Å². The Bertz CT molecular complexity index is 632. The van der Waals surface area contributed by atoms with Gasteiger partial charge in [-0.1, -0.05) is 17.7 Å². The van der Waals surface area contributed by atoms with Gasteiger partial charge in [0.25, 0.3) is 0 Å². The van der Waals surface area contributed by atoms with Crippen molar-refractivity contribution in [3.8, 4) is 6.07 Å². The number of anilines is 2. The minimum Gasteiger partial charge on any atom is -0.354 e. The van der Waals surface area contributed by atoms with Gasteiger partial charge in [0.2, 0.25) is 0 Å². The largest absolute Gasteiger partial charge is 0.354 e. The molecule has 18 heavy (non-hydrogen) atoms. The lowest BCUT2D eigenvalue weighted by Gasteiger charge is -2.09. The molecule has 0 unspecified atom stereocenters. The van der Waals surface area contributed by atoms with E-state index in [2.05, 4.69) is 5.32 Å². The van der Waals surface area contributed by atoms with Crippen molar-refractivity contribution in [1.82, 2.24) is 0 Å². The zero-order valence-corrected chi connectivity index (χ0v) is 10.4. The summed E-state index contributed by atoms with van der Waals surface area (Å²) in [6.07, 6.45) is 0. The highest BCUT2D eigenvalue weighted by Crippen LogP contribution is 2.27. The molecular formula is C14H10ClFN2. The van der Waals surface area contributed by atoms with Gasteiger partial charge in [-0.15, -0.1) is 0 Å². The highest BCUT2D eigenvalue weighted by molar-refractivity contribution is 6.33. The molecule has 0 aliphatic rings. The highest BCUT2D eigenvalue weighted by atomic mass is 35.5. The summed E-state index contributed by atoms with van der Waals surface area (Å²) in [7, 11) is 0. The second-order valence-electron chi connectivity index (χ2n) is 3.91. The van der Waals surface area contributed by atoms with Gasteiger partial charge in [-0.05, 0) is 42.8 Å². The van der Waals surface area contributed by atoms with Gasteiger partial charge in [0.05, 0.1) is 16.3 Å². The Hall–Kier alpha value is -2.05. The number of nitrogens with one attached hydrogen (secondary N) is 1. The van der Waals surface area contributed by atoms with Crippen molar-refractivity contribution in [3.05, 3.63) is 58.4 Å². The predicted molar refractivity (Wildman–Crippen MR) is 70.6 cm³/mol. The topological polar surface area (TPSA) is 35.8 Å². The molecule has 90 valence electrons. The number of rotatable bonds is 2. The van der Waals surface area contributed by atoms with Gasteiger partial charge in [-0.3, -0.25) is 0 Å². The van der Waals surface area contributed by atoms with Crippen molar-refractivity contribution < 1.29 is 4.39 Å². The molecule has 0 heterocycles. The van der Waals surface area contributed by atoms with Crippen LogP contribution in [0.15, 0.2) is 36.4 Å². The van der Waals surface area contributed by atoms with Crippen LogP contribution in [0.4, 0.5) is 15.8 Å². The Morgan fingerprint density at radius 3 is 2.61 bits per heavy atom. The maximum absolute atomic E-state index is 13.4. The van der Waals surface area contributed by atoms with Crippen molar-refractivity contribution in [3.63, 3.8) is 0 Å². The standard InChI is InChI=1S/C14H10ClFN2/c1-9-2-5-14(12(15)6-9)18-11-4-3-10(8-17)13(16)7-11/h2-7,18H,1H3. The van der Waals surface area contributed by atoms with E-state index in [4.69, 9.17) is 16.9 Å². The quantitative estimate of drug-likeness (QED) is 0.869. The van der Waals surface area contributed by atoms with E-state index in [0.29, 0.717) is 16.4 Å². The maximum atomic E-state index is 13.4. The third-order valence-corrected chi connectivity index (χ3v) is 2.81. The predicted octanol–water partition coefficient (Wildman–Crippen LogP) is 4.40. The van der Waals surface area contributed by atoms with Crippen LogP contribution in [-0.4, -0.2) is 0 Å². The number of aryl methyl sites for hydroxylation is 1. The van der Waals surface area contributed by atoms with Crippen LogP contribution in [0.1, 0.15) is 11.1 Å². The molecule has 0 amide bonds. The first-order valence-corrected chi connectivity index (χ1v) is 5.71. The molecule has 4 heteroatoms. The molecule has 0 saturated carbocycles. The number of hydrogen-bond donors (Lipinski definition) is 1.